The van der Waals surface area contributed by atoms with Gasteiger partial charge in [0.15, 0.2) is 0 Å². The third kappa shape index (κ3) is 8.98. The molecule has 0 amide bonds. The van der Waals surface area contributed by atoms with Crippen LogP contribution < -0.4 is 0 Å². The van der Waals surface area contributed by atoms with E-state index in [0.717, 1.165) is 61.3 Å². The Labute approximate surface area is 399 Å². The van der Waals surface area contributed by atoms with E-state index in [1.807, 2.05) is 88.4 Å². The van der Waals surface area contributed by atoms with Crippen molar-refractivity contribution in [3.05, 3.63) is 167 Å². The second-order valence-corrected chi connectivity index (χ2v) is 18.4. The molecule has 63 heavy (non-hydrogen) atoms. The van der Waals surface area contributed by atoms with Crippen LogP contribution in [0.4, 0.5) is 0 Å². The molecule has 0 spiro atoms. The molecule has 0 atom stereocenters. The van der Waals surface area contributed by atoms with Crippen molar-refractivity contribution in [3.63, 3.8) is 0 Å². The van der Waals surface area contributed by atoms with Crippen LogP contribution in [0.2, 0.25) is 0 Å². The average Bonchev–Trinajstić information content (AvgIpc) is 3.68. The van der Waals surface area contributed by atoms with E-state index in [1.54, 1.807) is 18.3 Å². The van der Waals surface area contributed by atoms with Crippen LogP contribution in [0.3, 0.4) is 0 Å². The van der Waals surface area contributed by atoms with Gasteiger partial charge in [0.05, 0.1) is 23.5 Å². The zero-order valence-electron chi connectivity index (χ0n) is 45.1. The number of fused-ring (bicyclic) bond motifs is 1. The molecule has 0 radical (unpaired) electrons. The molecular formula is C58H60N3OPt-. The zero-order chi connectivity index (χ0) is 50.2. The fourth-order valence-corrected chi connectivity index (χ4v) is 8.27. The van der Waals surface area contributed by atoms with Gasteiger partial charge < -0.3 is 5.11 Å². The molecule has 8 rings (SSSR count). The summed E-state index contributed by atoms with van der Waals surface area (Å²) in [6, 6.07) is 33.7. The molecule has 5 heteroatoms. The smallest absolute Gasteiger partial charge is 0.148 e. The van der Waals surface area contributed by atoms with E-state index in [4.69, 9.17) is 19.6 Å². The maximum atomic E-state index is 12.2. The van der Waals surface area contributed by atoms with Gasteiger partial charge in [-0.05, 0) is 104 Å². The van der Waals surface area contributed by atoms with Crippen LogP contribution in [0.5, 0.6) is 5.75 Å². The van der Waals surface area contributed by atoms with E-state index in [9.17, 15) is 5.11 Å². The number of phenolic OH excluding ortho intramolecular Hbond substituents is 1. The monoisotopic (exact) mass is 1020 g/mol. The number of aromatic nitrogens is 3. The van der Waals surface area contributed by atoms with Gasteiger partial charge in [-0.1, -0.05) is 172 Å². The van der Waals surface area contributed by atoms with Crippen molar-refractivity contribution in [2.75, 3.05) is 0 Å². The first-order valence-corrected chi connectivity index (χ1v) is 21.5. The van der Waals surface area contributed by atoms with Crippen molar-refractivity contribution in [1.29, 1.82) is 0 Å². The number of nitrogens with zero attached hydrogens (tertiary/aromatic N) is 3. The van der Waals surface area contributed by atoms with Crippen LogP contribution in [0, 0.1) is 6.07 Å². The summed E-state index contributed by atoms with van der Waals surface area (Å²) in [5.41, 5.74) is 12.2. The third-order valence-electron chi connectivity index (χ3n) is 11.8. The van der Waals surface area contributed by atoms with Gasteiger partial charge in [-0.3, -0.25) is 9.55 Å². The molecule has 6 aromatic carbocycles. The molecule has 0 aliphatic carbocycles. The van der Waals surface area contributed by atoms with Gasteiger partial charge in [-0.15, -0.1) is 29.3 Å². The quantitative estimate of drug-likeness (QED) is 0.139. The number of pyridine rings is 1. The molecule has 0 saturated carbocycles. The zero-order valence-corrected chi connectivity index (χ0v) is 40.3. The SMILES string of the molecule is [2H]c1c([2H])c([2H])c(-c2ccnc(-c3[c-]c(-c4cccc5c4nc(-c4cc(C(C)C)cc(C(C)C)c4O)n5-c4ccc(-c5c(C([2H])(C)C)cccc5C([2H])(C)C)cc4)cc(C(C)(C)C)c3)c2)c([2H])c1[2H].[Pt]. The van der Waals surface area contributed by atoms with E-state index in [2.05, 4.69) is 83.4 Å². The maximum absolute atomic E-state index is 12.2. The van der Waals surface area contributed by atoms with E-state index < -0.39 is 29.9 Å². The number of imidazole rings is 1. The Bertz CT molecular complexity index is 3240. The molecule has 0 aliphatic rings. The summed E-state index contributed by atoms with van der Waals surface area (Å²) in [5, 5.41) is 12.2. The topological polar surface area (TPSA) is 50.9 Å². The number of hydrogen-bond acceptors (Lipinski definition) is 3. The van der Waals surface area contributed by atoms with E-state index in [1.165, 1.54) is 0 Å². The first-order valence-electron chi connectivity index (χ1n) is 25.0. The minimum Gasteiger partial charge on any atom is -0.507 e. The molecule has 0 unspecified atom stereocenters. The van der Waals surface area contributed by atoms with Gasteiger partial charge in [0.1, 0.15) is 11.6 Å². The first kappa shape index (κ1) is 36.9. The van der Waals surface area contributed by atoms with E-state index in [-0.39, 0.29) is 61.7 Å². The van der Waals surface area contributed by atoms with Crippen LogP contribution in [0.1, 0.15) is 137 Å². The summed E-state index contributed by atoms with van der Waals surface area (Å²) in [6.45, 7) is 22.4. The molecule has 0 saturated heterocycles. The van der Waals surface area contributed by atoms with Crippen LogP contribution in [0.15, 0.2) is 133 Å². The molecule has 1 N–H and O–H groups in total. The minimum atomic E-state index is -0.920. The number of para-hydroxylation sites is 1. The van der Waals surface area contributed by atoms with Crippen LogP contribution >= 0.6 is 0 Å². The first-order chi connectivity index (χ1) is 32.3. The van der Waals surface area contributed by atoms with Crippen molar-refractivity contribution in [1.82, 2.24) is 14.5 Å². The van der Waals surface area contributed by atoms with E-state index >= 15 is 0 Å². The predicted molar refractivity (Wildman–Crippen MR) is 262 cm³/mol. The fraction of sp³-hybridized carbons (Fsp3) is 0.276. The molecule has 0 bridgehead atoms. The predicted octanol–water partition coefficient (Wildman–Crippen LogP) is 16.0. The number of phenols is 1. The van der Waals surface area contributed by atoms with Gasteiger partial charge >= 0.3 is 0 Å². The van der Waals surface area contributed by atoms with Gasteiger partial charge in [-0.2, -0.15) is 0 Å². The molecule has 2 aromatic heterocycles. The van der Waals surface area contributed by atoms with Crippen LogP contribution in [-0.4, -0.2) is 19.6 Å². The van der Waals surface area contributed by atoms with Gasteiger partial charge in [0, 0.05) is 41.4 Å². The number of hydrogen-bond donors (Lipinski definition) is 1. The van der Waals surface area contributed by atoms with Gasteiger partial charge in [0.2, 0.25) is 0 Å². The molecule has 324 valence electrons. The summed E-state index contributed by atoms with van der Waals surface area (Å²) in [7, 11) is 0. The maximum Gasteiger partial charge on any atom is 0.148 e. The Hall–Kier alpha value is -5.57. The van der Waals surface area contributed by atoms with Crippen LogP contribution in [-0.2, 0) is 26.5 Å². The molecule has 0 aliphatic heterocycles. The summed E-state index contributed by atoms with van der Waals surface area (Å²) >= 11 is 0. The summed E-state index contributed by atoms with van der Waals surface area (Å²) in [5.74, 6) is -0.896. The Kier molecular flexibility index (Phi) is 10.7. The Balaban J connectivity index is 0.00000722. The largest absolute Gasteiger partial charge is 0.507 e. The minimum absolute atomic E-state index is 0. The summed E-state index contributed by atoms with van der Waals surface area (Å²) in [6.07, 6.45) is 1.59. The fourth-order valence-electron chi connectivity index (χ4n) is 8.27. The number of benzene rings is 6. The van der Waals surface area contributed by atoms with Crippen molar-refractivity contribution < 1.29 is 35.8 Å². The molecule has 2 heterocycles. The van der Waals surface area contributed by atoms with Crippen molar-refractivity contribution >= 4 is 11.0 Å². The van der Waals surface area contributed by atoms with Crippen molar-refractivity contribution in [3.8, 4) is 67.5 Å². The van der Waals surface area contributed by atoms with Crippen molar-refractivity contribution in [2.45, 2.75) is 105 Å². The van der Waals surface area contributed by atoms with Crippen LogP contribution in [0.25, 0.3) is 72.7 Å². The normalized spacial score (nSPS) is 13.8. The van der Waals surface area contributed by atoms with Crippen molar-refractivity contribution in [2.24, 2.45) is 0 Å². The second-order valence-electron chi connectivity index (χ2n) is 18.4. The molecular weight excluding hydrogens is 950 g/mol. The Morgan fingerprint density at radius 2 is 1.32 bits per heavy atom. The van der Waals surface area contributed by atoms with Gasteiger partial charge in [-0.25, -0.2) is 4.98 Å². The second kappa shape index (κ2) is 18.3. The summed E-state index contributed by atoms with van der Waals surface area (Å²) in [4.78, 5) is 10.2. The standard InChI is InChI=1S/C58H60N3O.Pt/c1-35(2)42-32-50(38(7)8)56(62)51(33-42)57-60-55-49(43-29-44(31-45(30-43)58(9,10)11)52-34-41(27-28-59-52)39-17-13-12-14-18-39)21-16-22-53(55)61(57)46-25-23-40(24-26-46)54-47(36(3)4)19-15-20-48(54)37(5)6;/h12-28,30-38,62H,1-11H3;/q-1;/i12D,13D,14D,17D,18D,36D,37D;. The Morgan fingerprint density at radius 1 is 0.667 bits per heavy atom. The number of rotatable bonds is 10. The van der Waals surface area contributed by atoms with E-state index in [0.29, 0.717) is 33.7 Å². The number of aromatic hydroxyl groups is 1. The van der Waals surface area contributed by atoms with Gasteiger partial charge in [0.25, 0.3) is 0 Å². The Morgan fingerprint density at radius 3 is 1.94 bits per heavy atom. The molecule has 4 nitrogen and oxygen atoms in total. The average molecular weight is 1020 g/mol. The molecule has 0 fully saturated rings. The molecule has 8 aromatic rings. The third-order valence-corrected chi connectivity index (χ3v) is 11.8. The summed E-state index contributed by atoms with van der Waals surface area (Å²) < 4.78 is 62.4.